The van der Waals surface area contributed by atoms with Crippen LogP contribution in [0.1, 0.15) is 46.6 Å². The molecule has 0 aliphatic rings. The van der Waals surface area contributed by atoms with Crippen LogP contribution in [0.5, 0.6) is 0 Å². The third kappa shape index (κ3) is 12.2. The van der Waals surface area contributed by atoms with Gasteiger partial charge in [-0.1, -0.05) is 30.9 Å². The van der Waals surface area contributed by atoms with Crippen molar-refractivity contribution >= 4 is 11.9 Å². The summed E-state index contributed by atoms with van der Waals surface area (Å²) in [6.07, 6.45) is 9.01. The molecule has 1 heterocycles. The number of ether oxygens (including phenoxy) is 3. The van der Waals surface area contributed by atoms with Crippen molar-refractivity contribution in [3.8, 4) is 6.07 Å². The van der Waals surface area contributed by atoms with Crippen molar-refractivity contribution in [2.24, 2.45) is 0 Å². The largest absolute Gasteiger partial charge is 0.444 e. The van der Waals surface area contributed by atoms with E-state index in [0.29, 0.717) is 44.8 Å². The van der Waals surface area contributed by atoms with Gasteiger partial charge in [-0.25, -0.2) is 9.78 Å². The zero-order valence-corrected chi connectivity index (χ0v) is 22.0. The minimum atomic E-state index is -0.546. The number of likely N-dealkylation sites (N-methyl/N-ethyl adjacent to an activating group) is 1. The fourth-order valence-corrected chi connectivity index (χ4v) is 2.98. The van der Waals surface area contributed by atoms with E-state index in [9.17, 15) is 4.79 Å². The number of allylic oxidation sites excluding steroid dienone is 3. The summed E-state index contributed by atoms with van der Waals surface area (Å²) in [7, 11) is 1.68. The Labute approximate surface area is 210 Å². The lowest BCUT2D eigenvalue weighted by Crippen LogP contribution is -2.37. The Morgan fingerprint density at radius 2 is 2.03 bits per heavy atom. The Morgan fingerprint density at radius 1 is 1.29 bits per heavy atom. The van der Waals surface area contributed by atoms with Crippen LogP contribution < -0.4 is 4.90 Å². The first-order chi connectivity index (χ1) is 16.6. The van der Waals surface area contributed by atoms with Gasteiger partial charge in [0.15, 0.2) is 6.29 Å². The minimum absolute atomic E-state index is 0.317. The van der Waals surface area contributed by atoms with Gasteiger partial charge in [0.1, 0.15) is 17.5 Å². The van der Waals surface area contributed by atoms with Gasteiger partial charge in [-0.15, -0.1) is 0 Å². The summed E-state index contributed by atoms with van der Waals surface area (Å²) in [6.45, 7) is 15.6. The number of carbonyl (C=O) groups excluding carboxylic acids is 1. The number of anilines is 1. The Balaban J connectivity index is 2.82. The van der Waals surface area contributed by atoms with Crippen LogP contribution >= 0.6 is 0 Å². The number of aromatic nitrogens is 1. The summed E-state index contributed by atoms with van der Waals surface area (Å²) in [5.74, 6) is 0.760. The minimum Gasteiger partial charge on any atom is -0.444 e. The first kappa shape index (κ1) is 29.9. The molecule has 1 rings (SSSR count). The number of carbonyl (C=O) groups is 1. The second kappa shape index (κ2) is 15.7. The summed E-state index contributed by atoms with van der Waals surface area (Å²) in [5.41, 5.74) is 1.07. The van der Waals surface area contributed by atoms with Crippen molar-refractivity contribution in [2.75, 3.05) is 44.8 Å². The van der Waals surface area contributed by atoms with Gasteiger partial charge >= 0.3 is 6.09 Å². The smallest absolute Gasteiger partial charge is 0.410 e. The van der Waals surface area contributed by atoms with Gasteiger partial charge in [-0.3, -0.25) is 0 Å². The number of amides is 1. The average molecular weight is 485 g/mol. The number of hydrogen-bond donors (Lipinski definition) is 0. The molecular formula is C27H40N4O4. The highest BCUT2D eigenvalue weighted by Crippen LogP contribution is 2.16. The fraction of sp³-hybridized carbons (Fsp3) is 0.519. The summed E-state index contributed by atoms with van der Waals surface area (Å²) in [6, 6.07) is 5.70. The van der Waals surface area contributed by atoms with E-state index < -0.39 is 18.0 Å². The molecular weight excluding hydrogens is 444 g/mol. The van der Waals surface area contributed by atoms with Crippen molar-refractivity contribution in [1.29, 1.82) is 5.26 Å². The van der Waals surface area contributed by atoms with Gasteiger partial charge in [-0.2, -0.15) is 5.26 Å². The number of rotatable bonds is 14. The lowest BCUT2D eigenvalue weighted by molar-refractivity contribution is -0.143. The number of hydrogen-bond acceptors (Lipinski definition) is 7. The number of pyridine rings is 1. The van der Waals surface area contributed by atoms with Crippen LogP contribution in [-0.2, 0) is 14.2 Å². The maximum Gasteiger partial charge on any atom is 0.410 e. The van der Waals surface area contributed by atoms with Gasteiger partial charge in [0.2, 0.25) is 0 Å². The number of nitrogens with zero attached hydrogens (tertiary/aromatic N) is 4. The van der Waals surface area contributed by atoms with Crippen LogP contribution in [0.3, 0.4) is 0 Å². The molecule has 0 fully saturated rings. The first-order valence-electron chi connectivity index (χ1n) is 11.9. The molecule has 8 nitrogen and oxygen atoms in total. The predicted molar refractivity (Wildman–Crippen MR) is 139 cm³/mol. The maximum atomic E-state index is 12.2. The Morgan fingerprint density at radius 3 is 2.57 bits per heavy atom. The normalized spacial score (nSPS) is 12.8. The molecule has 0 bridgehead atoms. The molecule has 1 unspecified atom stereocenters. The molecule has 0 saturated carbocycles. The van der Waals surface area contributed by atoms with E-state index in [0.717, 1.165) is 11.4 Å². The third-order valence-electron chi connectivity index (χ3n) is 4.81. The Hall–Kier alpha value is -3.15. The van der Waals surface area contributed by atoms with E-state index in [1.165, 1.54) is 4.90 Å². The summed E-state index contributed by atoms with van der Waals surface area (Å²) < 4.78 is 17.1. The maximum absolute atomic E-state index is 12.2. The van der Waals surface area contributed by atoms with Gasteiger partial charge in [-0.05, 0) is 52.3 Å². The van der Waals surface area contributed by atoms with E-state index in [-0.39, 0.29) is 0 Å². The molecule has 1 atom stereocenters. The van der Waals surface area contributed by atoms with Gasteiger partial charge < -0.3 is 24.0 Å². The van der Waals surface area contributed by atoms with Crippen molar-refractivity contribution < 1.29 is 19.0 Å². The Bertz CT molecular complexity index is 882. The van der Waals surface area contributed by atoms with Crippen molar-refractivity contribution in [3.05, 3.63) is 60.3 Å². The van der Waals surface area contributed by atoms with Crippen LogP contribution in [0.25, 0.3) is 0 Å². The van der Waals surface area contributed by atoms with Crippen molar-refractivity contribution in [2.45, 2.75) is 52.9 Å². The monoisotopic (exact) mass is 484 g/mol. The molecule has 192 valence electrons. The molecule has 0 radical (unpaired) electrons. The molecule has 35 heavy (non-hydrogen) atoms. The topological polar surface area (TPSA) is 87.9 Å². The summed E-state index contributed by atoms with van der Waals surface area (Å²) in [5, 5.41) is 9.10. The van der Waals surface area contributed by atoms with E-state index in [4.69, 9.17) is 19.5 Å². The molecule has 0 aliphatic heterocycles. The molecule has 0 N–H and O–H groups in total. The van der Waals surface area contributed by atoms with E-state index in [2.05, 4.69) is 22.5 Å². The van der Waals surface area contributed by atoms with E-state index >= 15 is 0 Å². The fourth-order valence-electron chi connectivity index (χ4n) is 2.98. The highest BCUT2D eigenvalue weighted by Gasteiger charge is 2.20. The lowest BCUT2D eigenvalue weighted by atomic mass is 10.2. The molecule has 0 spiro atoms. The van der Waals surface area contributed by atoms with Crippen molar-refractivity contribution in [3.63, 3.8) is 0 Å². The van der Waals surface area contributed by atoms with Crippen LogP contribution in [0.2, 0.25) is 0 Å². The second-order valence-electron chi connectivity index (χ2n) is 8.84. The molecule has 1 aromatic rings. The van der Waals surface area contributed by atoms with Crippen LogP contribution in [0.4, 0.5) is 10.6 Å². The van der Waals surface area contributed by atoms with E-state index in [1.54, 1.807) is 25.4 Å². The molecule has 0 saturated heterocycles. The lowest BCUT2D eigenvalue weighted by Gasteiger charge is -2.28. The van der Waals surface area contributed by atoms with Crippen LogP contribution in [-0.4, -0.2) is 67.8 Å². The highest BCUT2D eigenvalue weighted by molar-refractivity contribution is 5.67. The highest BCUT2D eigenvalue weighted by atomic mass is 16.7. The molecule has 1 amide bonds. The zero-order valence-electron chi connectivity index (χ0n) is 22.0. The zero-order chi connectivity index (χ0) is 26.3. The summed E-state index contributed by atoms with van der Waals surface area (Å²) in [4.78, 5) is 20.2. The van der Waals surface area contributed by atoms with Gasteiger partial charge in [0.25, 0.3) is 0 Å². The first-order valence-corrected chi connectivity index (χ1v) is 11.9. The molecule has 0 aromatic carbocycles. The third-order valence-corrected chi connectivity index (χ3v) is 4.81. The summed E-state index contributed by atoms with van der Waals surface area (Å²) >= 11 is 0. The second-order valence-corrected chi connectivity index (χ2v) is 8.84. The van der Waals surface area contributed by atoms with Crippen molar-refractivity contribution in [1.82, 2.24) is 9.88 Å². The quantitative estimate of drug-likeness (QED) is 0.269. The average Bonchev–Trinajstić information content (AvgIpc) is 2.82. The predicted octanol–water partition coefficient (Wildman–Crippen LogP) is 5.08. The van der Waals surface area contributed by atoms with Crippen LogP contribution in [0, 0.1) is 11.3 Å². The Kier molecular flexibility index (Phi) is 13.4. The van der Waals surface area contributed by atoms with Gasteiger partial charge in [0.05, 0.1) is 12.2 Å². The van der Waals surface area contributed by atoms with Gasteiger partial charge in [0, 0.05) is 45.9 Å². The molecule has 1 aromatic heterocycles. The SMILES string of the molecule is C=C/C=C\C(=C/C)CN(CCC(OCC)OCCN(C)C(=O)OC(C)(C)C)c1ccc(C#N)cn1. The van der Waals surface area contributed by atoms with E-state index in [1.807, 2.05) is 58.9 Å². The molecule has 0 aliphatic carbocycles. The standard InChI is InChI=1S/C27H40N4O4/c1-8-11-12-22(9-2)21-31(24-14-13-23(19-28)20-29-24)16-15-25(33-10-3)34-18-17-30(7)26(32)35-27(4,5)6/h8-9,11-14,20,25H,1,10,15-18,21H2,2-7H3/b12-11-,22-9+. The van der Waals surface area contributed by atoms with Crippen LogP contribution in [0.15, 0.2) is 54.8 Å². The number of nitriles is 1. The molecule has 8 heteroatoms.